The average molecular weight is 335 g/mol. The summed E-state index contributed by atoms with van der Waals surface area (Å²) in [5.74, 6) is 1.45. The summed E-state index contributed by atoms with van der Waals surface area (Å²) in [6.07, 6.45) is 2.33. The fourth-order valence-electron chi connectivity index (χ4n) is 3.01. The van der Waals surface area contributed by atoms with E-state index < -0.39 is 0 Å². The van der Waals surface area contributed by atoms with E-state index in [1.54, 1.807) is 6.07 Å². The maximum Gasteiger partial charge on any atom is 0.227 e. The highest BCUT2D eigenvalue weighted by Crippen LogP contribution is 2.42. The molecule has 4 rings (SSSR count). The summed E-state index contributed by atoms with van der Waals surface area (Å²) >= 11 is 0. The molecule has 1 aliphatic carbocycles. The molecule has 1 aliphatic rings. The van der Waals surface area contributed by atoms with E-state index in [-0.39, 0.29) is 11.2 Å². The number of nitrogens with zero attached hydrogens (tertiary/aromatic N) is 1. The Kier molecular flexibility index (Phi) is 3.75. The summed E-state index contributed by atoms with van der Waals surface area (Å²) in [6.45, 7) is 6.54. The largest absolute Gasteiger partial charge is 0.438 e. The van der Waals surface area contributed by atoms with Crippen LogP contribution < -0.4 is 4.74 Å². The standard InChI is InChI=1S/C22H22FNO/c1-22(2,3)16-7-10-18(11-8-16)25-21-19-13-17(23)9-6-15(19)12-20(24-21)14-4-5-14/h6-14H,4-5H2,1-3H3. The van der Waals surface area contributed by atoms with Crippen LogP contribution in [0.25, 0.3) is 10.8 Å². The molecule has 0 N–H and O–H groups in total. The van der Waals surface area contributed by atoms with Gasteiger partial charge in [-0.15, -0.1) is 0 Å². The molecule has 0 amide bonds. The third kappa shape index (κ3) is 3.37. The van der Waals surface area contributed by atoms with Crippen LogP contribution in [0.15, 0.2) is 48.5 Å². The van der Waals surface area contributed by atoms with Gasteiger partial charge in [0.2, 0.25) is 5.88 Å². The number of benzene rings is 2. The van der Waals surface area contributed by atoms with Crippen molar-refractivity contribution in [3.8, 4) is 11.6 Å². The highest BCUT2D eigenvalue weighted by atomic mass is 19.1. The lowest BCUT2D eigenvalue weighted by molar-refractivity contribution is 0.465. The Bertz CT molecular complexity index is 921. The SMILES string of the molecule is CC(C)(C)c1ccc(Oc2nc(C3CC3)cc3ccc(F)cc23)cc1. The molecule has 128 valence electrons. The third-order valence-corrected chi connectivity index (χ3v) is 4.71. The molecule has 1 aromatic heterocycles. The second-order valence-electron chi connectivity index (χ2n) is 7.87. The van der Waals surface area contributed by atoms with Gasteiger partial charge in [0.1, 0.15) is 11.6 Å². The molecular formula is C22H22FNO. The molecule has 1 saturated carbocycles. The number of rotatable bonds is 3. The van der Waals surface area contributed by atoms with Crippen molar-refractivity contribution in [3.05, 3.63) is 65.6 Å². The van der Waals surface area contributed by atoms with Crippen LogP contribution in [0.2, 0.25) is 0 Å². The van der Waals surface area contributed by atoms with E-state index in [9.17, 15) is 4.39 Å². The number of hydrogen-bond acceptors (Lipinski definition) is 2. The summed E-state index contributed by atoms with van der Waals surface area (Å²) in [5, 5.41) is 1.68. The van der Waals surface area contributed by atoms with Crippen molar-refractivity contribution in [2.24, 2.45) is 0 Å². The summed E-state index contributed by atoms with van der Waals surface area (Å²) < 4.78 is 19.8. The van der Waals surface area contributed by atoms with E-state index in [0.29, 0.717) is 17.2 Å². The second kappa shape index (κ2) is 5.83. The molecule has 1 fully saturated rings. The first-order valence-electron chi connectivity index (χ1n) is 8.79. The minimum absolute atomic E-state index is 0.0957. The first-order chi connectivity index (χ1) is 11.9. The summed E-state index contributed by atoms with van der Waals surface area (Å²) in [5.41, 5.74) is 2.38. The van der Waals surface area contributed by atoms with Crippen molar-refractivity contribution in [2.75, 3.05) is 0 Å². The van der Waals surface area contributed by atoms with Gasteiger partial charge in [0.25, 0.3) is 0 Å². The number of ether oxygens (including phenoxy) is 1. The van der Waals surface area contributed by atoms with Crippen molar-refractivity contribution in [2.45, 2.75) is 44.9 Å². The molecule has 25 heavy (non-hydrogen) atoms. The maximum atomic E-state index is 13.7. The van der Waals surface area contributed by atoms with E-state index in [4.69, 9.17) is 4.74 Å². The van der Waals surface area contributed by atoms with Crippen LogP contribution in [0.1, 0.15) is 50.8 Å². The highest BCUT2D eigenvalue weighted by molar-refractivity contribution is 5.87. The van der Waals surface area contributed by atoms with Crippen LogP contribution in [0.5, 0.6) is 11.6 Å². The summed E-state index contributed by atoms with van der Waals surface area (Å²) in [7, 11) is 0. The zero-order chi connectivity index (χ0) is 17.6. The maximum absolute atomic E-state index is 13.7. The molecule has 2 nitrogen and oxygen atoms in total. The lowest BCUT2D eigenvalue weighted by atomic mass is 9.87. The summed E-state index contributed by atoms with van der Waals surface area (Å²) in [6, 6.07) is 14.9. The number of halogens is 1. The van der Waals surface area contributed by atoms with E-state index in [2.05, 4.69) is 44.0 Å². The number of aromatic nitrogens is 1. The van der Waals surface area contributed by atoms with Crippen LogP contribution >= 0.6 is 0 Å². The number of fused-ring (bicyclic) bond motifs is 1. The van der Waals surface area contributed by atoms with Crippen molar-refractivity contribution in [1.29, 1.82) is 0 Å². The molecule has 0 aliphatic heterocycles. The minimum Gasteiger partial charge on any atom is -0.438 e. The molecule has 0 radical (unpaired) electrons. The molecule has 1 heterocycles. The third-order valence-electron chi connectivity index (χ3n) is 4.71. The zero-order valence-electron chi connectivity index (χ0n) is 14.8. The molecule has 0 bridgehead atoms. The van der Waals surface area contributed by atoms with Crippen LogP contribution in [-0.4, -0.2) is 4.98 Å². The van der Waals surface area contributed by atoms with Gasteiger partial charge in [0.05, 0.1) is 0 Å². The highest BCUT2D eigenvalue weighted by Gasteiger charge is 2.26. The van der Waals surface area contributed by atoms with Gasteiger partial charge < -0.3 is 4.74 Å². The zero-order valence-corrected chi connectivity index (χ0v) is 14.8. The van der Waals surface area contributed by atoms with Gasteiger partial charge in [-0.05, 0) is 59.5 Å². The number of pyridine rings is 1. The first kappa shape index (κ1) is 16.1. The predicted octanol–water partition coefficient (Wildman–Crippen LogP) is 6.34. The molecule has 0 spiro atoms. The van der Waals surface area contributed by atoms with Gasteiger partial charge in [0, 0.05) is 17.0 Å². The van der Waals surface area contributed by atoms with E-state index in [1.165, 1.54) is 30.5 Å². The topological polar surface area (TPSA) is 22.1 Å². The van der Waals surface area contributed by atoms with Gasteiger partial charge in [0.15, 0.2) is 0 Å². The van der Waals surface area contributed by atoms with Crippen molar-refractivity contribution in [1.82, 2.24) is 4.98 Å². The Morgan fingerprint density at radius 3 is 2.36 bits per heavy atom. The number of hydrogen-bond donors (Lipinski definition) is 0. The molecule has 3 heteroatoms. The second-order valence-corrected chi connectivity index (χ2v) is 7.87. The van der Waals surface area contributed by atoms with Crippen LogP contribution in [0.4, 0.5) is 4.39 Å². The molecule has 0 unspecified atom stereocenters. The van der Waals surface area contributed by atoms with E-state index >= 15 is 0 Å². The quantitative estimate of drug-likeness (QED) is 0.557. The average Bonchev–Trinajstić information content (AvgIpc) is 3.40. The molecule has 3 aromatic rings. The Morgan fingerprint density at radius 2 is 1.72 bits per heavy atom. The molecule has 0 atom stereocenters. The van der Waals surface area contributed by atoms with Crippen LogP contribution in [0.3, 0.4) is 0 Å². The minimum atomic E-state index is -0.276. The Hall–Kier alpha value is -2.42. The lowest BCUT2D eigenvalue weighted by Crippen LogP contribution is -2.10. The Morgan fingerprint density at radius 1 is 1.00 bits per heavy atom. The van der Waals surface area contributed by atoms with Gasteiger partial charge in [-0.1, -0.05) is 39.0 Å². The fourth-order valence-corrected chi connectivity index (χ4v) is 3.01. The summed E-state index contributed by atoms with van der Waals surface area (Å²) in [4.78, 5) is 4.68. The Labute approximate surface area is 147 Å². The lowest BCUT2D eigenvalue weighted by Gasteiger charge is -2.19. The predicted molar refractivity (Wildman–Crippen MR) is 98.9 cm³/mol. The van der Waals surface area contributed by atoms with Gasteiger partial charge in [-0.25, -0.2) is 9.37 Å². The van der Waals surface area contributed by atoms with Gasteiger partial charge in [-0.2, -0.15) is 0 Å². The van der Waals surface area contributed by atoms with E-state index in [1.807, 2.05) is 12.1 Å². The van der Waals surface area contributed by atoms with E-state index in [0.717, 1.165) is 16.8 Å². The van der Waals surface area contributed by atoms with Crippen LogP contribution in [-0.2, 0) is 5.41 Å². The van der Waals surface area contributed by atoms with Gasteiger partial charge >= 0.3 is 0 Å². The first-order valence-corrected chi connectivity index (χ1v) is 8.79. The normalized spacial score (nSPS) is 14.7. The van der Waals surface area contributed by atoms with Gasteiger partial charge in [-0.3, -0.25) is 0 Å². The smallest absolute Gasteiger partial charge is 0.227 e. The van der Waals surface area contributed by atoms with Crippen molar-refractivity contribution in [3.63, 3.8) is 0 Å². The van der Waals surface area contributed by atoms with Crippen LogP contribution in [0, 0.1) is 5.82 Å². The molecule has 0 saturated heterocycles. The monoisotopic (exact) mass is 335 g/mol. The Balaban J connectivity index is 1.73. The fraction of sp³-hybridized carbons (Fsp3) is 0.318. The van der Waals surface area contributed by atoms with Crippen molar-refractivity contribution < 1.29 is 9.13 Å². The molecule has 2 aromatic carbocycles. The van der Waals surface area contributed by atoms with Crippen molar-refractivity contribution >= 4 is 10.8 Å². The molecular weight excluding hydrogens is 313 g/mol.